The number of benzene rings is 1. The summed E-state index contributed by atoms with van der Waals surface area (Å²) in [4.78, 5) is 48.5. The molecule has 0 N–H and O–H groups in total. The lowest BCUT2D eigenvalue weighted by Crippen LogP contribution is -2.33. The Hall–Kier alpha value is -4.50. The van der Waals surface area contributed by atoms with E-state index in [2.05, 4.69) is 9.98 Å². The van der Waals surface area contributed by atoms with Crippen molar-refractivity contribution in [3.8, 4) is 0 Å². The summed E-state index contributed by atoms with van der Waals surface area (Å²) in [6.07, 6.45) is 3.09. The third-order valence-corrected chi connectivity index (χ3v) is 5.73. The lowest BCUT2D eigenvalue weighted by atomic mass is 10.2. The predicted molar refractivity (Wildman–Crippen MR) is 132 cm³/mol. The summed E-state index contributed by atoms with van der Waals surface area (Å²) in [5.74, 6) is -0.831. The van der Waals surface area contributed by atoms with Crippen LogP contribution in [0.5, 0.6) is 0 Å². The van der Waals surface area contributed by atoms with Crippen molar-refractivity contribution >= 4 is 40.2 Å². The molecule has 0 aliphatic heterocycles. The number of hydrogen-bond donors (Lipinski definition) is 0. The largest absolute Gasteiger partial charge is 0.467 e. The van der Waals surface area contributed by atoms with E-state index in [-0.39, 0.29) is 46.4 Å². The van der Waals surface area contributed by atoms with Crippen molar-refractivity contribution in [2.45, 2.75) is 13.5 Å². The van der Waals surface area contributed by atoms with Crippen LogP contribution in [0.3, 0.4) is 0 Å². The number of aromatic nitrogens is 3. The summed E-state index contributed by atoms with van der Waals surface area (Å²) in [7, 11) is 0. The number of ether oxygens (including phenoxy) is 1. The monoisotopic (exact) mass is 502 g/mol. The quantitative estimate of drug-likeness (QED) is 0.267. The molecule has 0 aliphatic carbocycles. The van der Waals surface area contributed by atoms with Crippen LogP contribution in [-0.2, 0) is 11.3 Å². The number of fused-ring (bicyclic) bond motifs is 2. The summed E-state index contributed by atoms with van der Waals surface area (Å²) in [6.45, 7) is 1.81. The Kier molecular flexibility index (Phi) is 6.22. The minimum Gasteiger partial charge on any atom is -0.467 e. The van der Waals surface area contributed by atoms with Crippen molar-refractivity contribution in [3.63, 3.8) is 0 Å². The van der Waals surface area contributed by atoms with E-state index < -0.39 is 11.9 Å². The van der Waals surface area contributed by atoms with Crippen molar-refractivity contribution in [1.29, 1.82) is 0 Å². The molecule has 5 rings (SSSR count). The molecule has 4 heterocycles. The molecule has 10 heteroatoms. The third-order valence-electron chi connectivity index (χ3n) is 5.48. The van der Waals surface area contributed by atoms with Gasteiger partial charge in [-0.2, -0.15) is 4.99 Å². The van der Waals surface area contributed by atoms with Gasteiger partial charge in [0.1, 0.15) is 22.6 Å². The Bertz CT molecular complexity index is 1740. The van der Waals surface area contributed by atoms with Crippen LogP contribution in [0, 0.1) is 0 Å². The van der Waals surface area contributed by atoms with E-state index >= 15 is 0 Å². The number of carbonyl (C=O) groups is 2. The molecule has 0 unspecified atom stereocenters. The number of pyridine rings is 2. The maximum atomic E-state index is 13.4. The summed E-state index contributed by atoms with van der Waals surface area (Å²) in [6, 6.07) is 16.2. The van der Waals surface area contributed by atoms with Crippen LogP contribution in [0.25, 0.3) is 16.7 Å². The first-order valence-corrected chi connectivity index (χ1v) is 11.4. The van der Waals surface area contributed by atoms with Gasteiger partial charge in [0, 0.05) is 16.8 Å². The smallest absolute Gasteiger partial charge is 0.341 e. The number of hydrogen-bond acceptors (Lipinski definition) is 6. The minimum absolute atomic E-state index is 0.00974. The maximum Gasteiger partial charge on any atom is 0.341 e. The van der Waals surface area contributed by atoms with Gasteiger partial charge >= 0.3 is 5.97 Å². The maximum absolute atomic E-state index is 13.4. The fraction of sp³-hybridized carbons (Fsp3) is 0.115. The molecule has 0 saturated heterocycles. The molecule has 9 nitrogen and oxygen atoms in total. The standard InChI is InChI=1S/C26H19ClN4O5/c1-2-35-26(34)20-14-19-22(28-21-7-3-4-12-30(21)25(19)33)31(15-18-6-5-13-36-18)23(20)29-24(32)16-8-10-17(27)11-9-16/h3-14H,2,15H2,1H3. The first-order chi connectivity index (χ1) is 17.5. The Balaban J connectivity index is 1.89. The Morgan fingerprint density at radius 3 is 2.64 bits per heavy atom. The van der Waals surface area contributed by atoms with E-state index in [4.69, 9.17) is 20.8 Å². The number of amides is 1. The Morgan fingerprint density at radius 2 is 1.92 bits per heavy atom. The average molecular weight is 503 g/mol. The van der Waals surface area contributed by atoms with Crippen molar-refractivity contribution in [3.05, 3.63) is 111 Å². The molecule has 0 saturated carbocycles. The number of nitrogens with zero attached hydrogens (tertiary/aromatic N) is 4. The fourth-order valence-electron chi connectivity index (χ4n) is 3.82. The molecule has 36 heavy (non-hydrogen) atoms. The van der Waals surface area contributed by atoms with Crippen LogP contribution in [0.4, 0.5) is 0 Å². The second-order valence-corrected chi connectivity index (χ2v) is 8.21. The molecule has 0 radical (unpaired) electrons. The molecule has 0 bridgehead atoms. The van der Waals surface area contributed by atoms with E-state index in [1.807, 2.05) is 0 Å². The second kappa shape index (κ2) is 9.63. The SMILES string of the molecule is CCOC(=O)c1cc2c(=O)n3ccccc3nc2n(Cc2ccco2)c1=NC(=O)c1ccc(Cl)cc1. The lowest BCUT2D eigenvalue weighted by molar-refractivity contribution is 0.0523. The Morgan fingerprint density at radius 1 is 1.11 bits per heavy atom. The number of esters is 1. The highest BCUT2D eigenvalue weighted by Crippen LogP contribution is 2.15. The predicted octanol–water partition coefficient (Wildman–Crippen LogP) is 3.86. The third kappa shape index (κ3) is 4.32. The molecule has 0 fully saturated rings. The van der Waals surface area contributed by atoms with E-state index in [1.54, 1.807) is 55.6 Å². The highest BCUT2D eigenvalue weighted by molar-refractivity contribution is 6.30. The molecule has 4 aromatic heterocycles. The van der Waals surface area contributed by atoms with E-state index in [1.165, 1.54) is 33.4 Å². The van der Waals surface area contributed by atoms with Gasteiger partial charge in [-0.3, -0.25) is 14.0 Å². The second-order valence-electron chi connectivity index (χ2n) is 7.77. The zero-order valence-electron chi connectivity index (χ0n) is 19.1. The van der Waals surface area contributed by atoms with Crippen molar-refractivity contribution in [2.24, 2.45) is 4.99 Å². The van der Waals surface area contributed by atoms with Crippen molar-refractivity contribution in [1.82, 2.24) is 14.0 Å². The van der Waals surface area contributed by atoms with Gasteiger partial charge in [0.25, 0.3) is 11.5 Å². The lowest BCUT2D eigenvalue weighted by Gasteiger charge is -2.14. The molecule has 5 aromatic rings. The van der Waals surface area contributed by atoms with Crippen molar-refractivity contribution in [2.75, 3.05) is 6.61 Å². The fourth-order valence-corrected chi connectivity index (χ4v) is 3.94. The molecule has 0 spiro atoms. The summed E-state index contributed by atoms with van der Waals surface area (Å²) in [5.41, 5.74) is 0.452. The van der Waals surface area contributed by atoms with Crippen LogP contribution in [-0.4, -0.2) is 32.4 Å². The van der Waals surface area contributed by atoms with E-state index in [9.17, 15) is 14.4 Å². The van der Waals surface area contributed by atoms with E-state index in [0.717, 1.165) is 0 Å². The van der Waals surface area contributed by atoms with Crippen LogP contribution < -0.4 is 11.0 Å². The number of carbonyl (C=O) groups excluding carboxylic acids is 2. The van der Waals surface area contributed by atoms with Crippen LogP contribution >= 0.6 is 11.6 Å². The molecule has 1 aromatic carbocycles. The van der Waals surface area contributed by atoms with E-state index in [0.29, 0.717) is 16.4 Å². The van der Waals surface area contributed by atoms with Crippen LogP contribution in [0.15, 0.2) is 87.3 Å². The van der Waals surface area contributed by atoms with Crippen LogP contribution in [0.1, 0.15) is 33.4 Å². The topological polar surface area (TPSA) is 108 Å². The average Bonchev–Trinajstić information content (AvgIpc) is 3.39. The summed E-state index contributed by atoms with van der Waals surface area (Å²) in [5, 5.41) is 0.625. The molecular formula is C26H19ClN4O5. The highest BCUT2D eigenvalue weighted by atomic mass is 35.5. The molecule has 180 valence electrons. The van der Waals surface area contributed by atoms with Gasteiger partial charge in [-0.15, -0.1) is 0 Å². The molecule has 1 amide bonds. The molecule has 0 aliphatic rings. The number of furan rings is 1. The van der Waals surface area contributed by atoms with Gasteiger partial charge in [0.05, 0.1) is 24.8 Å². The van der Waals surface area contributed by atoms with Crippen LogP contribution in [0.2, 0.25) is 5.02 Å². The first-order valence-electron chi connectivity index (χ1n) is 11.1. The first kappa shape index (κ1) is 23.3. The van der Waals surface area contributed by atoms with Gasteiger partial charge < -0.3 is 13.7 Å². The zero-order chi connectivity index (χ0) is 25.2. The normalized spacial score (nSPS) is 11.8. The van der Waals surface area contributed by atoms with Gasteiger partial charge in [0.15, 0.2) is 5.49 Å². The summed E-state index contributed by atoms with van der Waals surface area (Å²) >= 11 is 5.95. The van der Waals surface area contributed by atoms with Crippen molar-refractivity contribution < 1.29 is 18.7 Å². The number of halogens is 1. The number of rotatable bonds is 5. The van der Waals surface area contributed by atoms with Gasteiger partial charge in [-0.1, -0.05) is 17.7 Å². The summed E-state index contributed by atoms with van der Waals surface area (Å²) < 4.78 is 13.7. The van der Waals surface area contributed by atoms with Gasteiger partial charge in [0.2, 0.25) is 0 Å². The van der Waals surface area contributed by atoms with Gasteiger partial charge in [-0.05, 0) is 61.5 Å². The minimum atomic E-state index is -0.729. The Labute approximate surface area is 208 Å². The van der Waals surface area contributed by atoms with Gasteiger partial charge in [-0.25, -0.2) is 9.78 Å². The highest BCUT2D eigenvalue weighted by Gasteiger charge is 2.21. The zero-order valence-corrected chi connectivity index (χ0v) is 19.8. The molecule has 0 atom stereocenters. The molecular weight excluding hydrogens is 484 g/mol.